The van der Waals surface area contributed by atoms with E-state index in [4.69, 9.17) is 4.74 Å². The van der Waals surface area contributed by atoms with Crippen molar-refractivity contribution in [2.75, 3.05) is 7.05 Å². The molecule has 1 atom stereocenters. The van der Waals surface area contributed by atoms with Crippen LogP contribution in [0.5, 0.6) is 0 Å². The van der Waals surface area contributed by atoms with Gasteiger partial charge in [0.2, 0.25) is 0 Å². The topological polar surface area (TPSA) is 75.3 Å². The highest BCUT2D eigenvalue weighted by molar-refractivity contribution is 5.95. The third-order valence-electron chi connectivity index (χ3n) is 3.99. The number of aromatic nitrogens is 2. The lowest BCUT2D eigenvalue weighted by Gasteiger charge is -2.21. The Hall–Kier alpha value is -3.22. The van der Waals surface area contributed by atoms with Gasteiger partial charge < -0.3 is 9.64 Å². The maximum Gasteiger partial charge on any atom is 0.338 e. The Bertz CT molecular complexity index is 954. The number of benzene rings is 2. The highest BCUT2D eigenvalue weighted by Crippen LogP contribution is 2.15. The molecule has 0 bridgehead atoms. The molecule has 0 radical (unpaired) electrons. The number of esters is 1. The Morgan fingerprint density at radius 3 is 2.85 bits per heavy atom. The molecule has 1 heterocycles. The lowest BCUT2D eigenvalue weighted by Crippen LogP contribution is -2.37. The zero-order valence-corrected chi connectivity index (χ0v) is 14.4. The van der Waals surface area contributed by atoms with Gasteiger partial charge in [0.15, 0.2) is 6.10 Å². The van der Waals surface area contributed by atoms with Gasteiger partial charge in [0.05, 0.1) is 17.3 Å². The standard InChI is InChI=1S/C19H18FN3O3/c1-12(18(24)23(2)11-13-4-3-5-16(20)8-13)26-19(25)14-6-7-15-10-21-22-17(15)9-14/h3-10,12H,11H2,1-2H3,(H,21,22)/t12-/m1/s1. The lowest BCUT2D eigenvalue weighted by atomic mass is 10.1. The Balaban J connectivity index is 1.63. The van der Waals surface area contributed by atoms with Crippen molar-refractivity contribution in [1.29, 1.82) is 0 Å². The average molecular weight is 355 g/mol. The largest absolute Gasteiger partial charge is 0.449 e. The molecule has 0 spiro atoms. The van der Waals surface area contributed by atoms with Crippen molar-refractivity contribution >= 4 is 22.8 Å². The van der Waals surface area contributed by atoms with Crippen LogP contribution in [0.25, 0.3) is 10.9 Å². The Kier molecular flexibility index (Phi) is 4.97. The molecule has 0 fully saturated rings. The minimum absolute atomic E-state index is 0.221. The number of H-pyrrole nitrogens is 1. The van der Waals surface area contributed by atoms with Crippen molar-refractivity contribution in [3.05, 3.63) is 65.6 Å². The fraction of sp³-hybridized carbons (Fsp3) is 0.211. The summed E-state index contributed by atoms with van der Waals surface area (Å²) < 4.78 is 18.5. The van der Waals surface area contributed by atoms with Gasteiger partial charge in [-0.05, 0) is 36.8 Å². The number of fused-ring (bicyclic) bond motifs is 1. The van der Waals surface area contributed by atoms with E-state index in [0.29, 0.717) is 16.6 Å². The number of halogens is 1. The minimum Gasteiger partial charge on any atom is -0.449 e. The summed E-state index contributed by atoms with van der Waals surface area (Å²) in [5, 5.41) is 7.55. The highest BCUT2D eigenvalue weighted by atomic mass is 19.1. The number of carbonyl (C=O) groups is 2. The van der Waals surface area contributed by atoms with Gasteiger partial charge in [-0.3, -0.25) is 9.89 Å². The Labute approximate surface area is 149 Å². The summed E-state index contributed by atoms with van der Waals surface area (Å²) >= 11 is 0. The molecule has 0 aliphatic heterocycles. The first-order valence-electron chi connectivity index (χ1n) is 8.07. The highest BCUT2D eigenvalue weighted by Gasteiger charge is 2.22. The molecule has 7 heteroatoms. The van der Waals surface area contributed by atoms with Crippen LogP contribution in [0.3, 0.4) is 0 Å². The normalized spacial score (nSPS) is 12.0. The molecule has 3 aromatic rings. The van der Waals surface area contributed by atoms with Gasteiger partial charge in [0, 0.05) is 19.0 Å². The maximum atomic E-state index is 13.2. The van der Waals surface area contributed by atoms with Gasteiger partial charge in [-0.25, -0.2) is 9.18 Å². The first kappa shape index (κ1) is 17.6. The first-order valence-corrected chi connectivity index (χ1v) is 8.07. The van der Waals surface area contributed by atoms with Crippen LogP contribution in [0.2, 0.25) is 0 Å². The number of ether oxygens (including phenoxy) is 1. The van der Waals surface area contributed by atoms with E-state index in [2.05, 4.69) is 10.2 Å². The van der Waals surface area contributed by atoms with Crippen LogP contribution in [0.4, 0.5) is 4.39 Å². The van der Waals surface area contributed by atoms with E-state index in [9.17, 15) is 14.0 Å². The second kappa shape index (κ2) is 7.35. The summed E-state index contributed by atoms with van der Waals surface area (Å²) in [5.74, 6) is -1.33. The summed E-state index contributed by atoms with van der Waals surface area (Å²) in [6, 6.07) is 11.0. The van der Waals surface area contributed by atoms with Crippen molar-refractivity contribution in [3.8, 4) is 0 Å². The molecule has 1 N–H and O–H groups in total. The third kappa shape index (κ3) is 3.88. The van der Waals surface area contributed by atoms with E-state index in [1.165, 1.54) is 24.0 Å². The van der Waals surface area contributed by atoms with E-state index in [0.717, 1.165) is 5.39 Å². The quantitative estimate of drug-likeness (QED) is 0.714. The van der Waals surface area contributed by atoms with Crippen LogP contribution in [-0.4, -0.2) is 40.1 Å². The van der Waals surface area contributed by atoms with Crippen LogP contribution in [0.1, 0.15) is 22.8 Å². The van der Waals surface area contributed by atoms with Gasteiger partial charge in [0.1, 0.15) is 5.82 Å². The number of likely N-dealkylation sites (N-methyl/N-ethyl adjacent to an activating group) is 1. The molecular weight excluding hydrogens is 337 g/mol. The second-order valence-corrected chi connectivity index (χ2v) is 6.04. The molecule has 2 aromatic carbocycles. The molecule has 26 heavy (non-hydrogen) atoms. The summed E-state index contributed by atoms with van der Waals surface area (Å²) in [5.41, 5.74) is 1.69. The van der Waals surface area contributed by atoms with E-state index < -0.39 is 12.1 Å². The predicted octanol–water partition coefficient (Wildman–Crippen LogP) is 2.91. The van der Waals surface area contributed by atoms with Crippen molar-refractivity contribution in [2.45, 2.75) is 19.6 Å². The summed E-state index contributed by atoms with van der Waals surface area (Å²) in [6.07, 6.45) is 0.691. The van der Waals surface area contributed by atoms with Gasteiger partial charge in [0.25, 0.3) is 5.91 Å². The average Bonchev–Trinajstić information content (AvgIpc) is 3.08. The van der Waals surface area contributed by atoms with Gasteiger partial charge in [-0.2, -0.15) is 5.10 Å². The minimum atomic E-state index is -0.960. The Morgan fingerprint density at radius 2 is 2.08 bits per heavy atom. The van der Waals surface area contributed by atoms with E-state index in [1.54, 1.807) is 43.6 Å². The van der Waals surface area contributed by atoms with Gasteiger partial charge >= 0.3 is 5.97 Å². The van der Waals surface area contributed by atoms with Crippen molar-refractivity contribution < 1.29 is 18.7 Å². The smallest absolute Gasteiger partial charge is 0.338 e. The molecule has 0 unspecified atom stereocenters. The van der Waals surface area contributed by atoms with Crippen molar-refractivity contribution in [2.24, 2.45) is 0 Å². The number of nitrogens with zero attached hydrogens (tertiary/aromatic N) is 2. The lowest BCUT2D eigenvalue weighted by molar-refractivity contribution is -0.139. The summed E-state index contributed by atoms with van der Waals surface area (Å²) in [7, 11) is 1.58. The monoisotopic (exact) mass is 355 g/mol. The number of carbonyl (C=O) groups excluding carboxylic acids is 2. The zero-order valence-electron chi connectivity index (χ0n) is 14.4. The molecule has 6 nitrogen and oxygen atoms in total. The molecule has 0 aliphatic carbocycles. The van der Waals surface area contributed by atoms with Gasteiger partial charge in [-0.15, -0.1) is 0 Å². The van der Waals surface area contributed by atoms with Crippen LogP contribution in [0.15, 0.2) is 48.7 Å². The fourth-order valence-electron chi connectivity index (χ4n) is 2.64. The van der Waals surface area contributed by atoms with Gasteiger partial charge in [-0.1, -0.05) is 18.2 Å². The van der Waals surface area contributed by atoms with Crippen LogP contribution in [0, 0.1) is 5.82 Å². The Morgan fingerprint density at radius 1 is 1.27 bits per heavy atom. The molecule has 0 aliphatic rings. The third-order valence-corrected chi connectivity index (χ3v) is 3.99. The van der Waals surface area contributed by atoms with Crippen LogP contribution < -0.4 is 0 Å². The first-order chi connectivity index (χ1) is 12.4. The van der Waals surface area contributed by atoms with E-state index in [-0.39, 0.29) is 18.3 Å². The molecule has 1 amide bonds. The number of amides is 1. The van der Waals surface area contributed by atoms with Crippen LogP contribution in [-0.2, 0) is 16.1 Å². The number of aromatic amines is 1. The van der Waals surface area contributed by atoms with E-state index >= 15 is 0 Å². The fourth-order valence-corrected chi connectivity index (χ4v) is 2.64. The zero-order chi connectivity index (χ0) is 18.7. The molecule has 0 saturated carbocycles. The molecule has 3 rings (SSSR count). The molecule has 0 saturated heterocycles. The van der Waals surface area contributed by atoms with E-state index in [1.807, 2.05) is 0 Å². The SMILES string of the molecule is C[C@@H](OC(=O)c1ccc2cn[nH]c2c1)C(=O)N(C)Cc1cccc(F)c1. The number of nitrogens with one attached hydrogen (secondary N) is 1. The summed E-state index contributed by atoms with van der Waals surface area (Å²) in [4.78, 5) is 26.1. The van der Waals surface area contributed by atoms with Crippen molar-refractivity contribution in [1.82, 2.24) is 15.1 Å². The van der Waals surface area contributed by atoms with Crippen LogP contribution >= 0.6 is 0 Å². The number of hydrogen-bond donors (Lipinski definition) is 1. The second-order valence-electron chi connectivity index (χ2n) is 6.04. The number of hydrogen-bond acceptors (Lipinski definition) is 4. The van der Waals surface area contributed by atoms with Crippen molar-refractivity contribution in [3.63, 3.8) is 0 Å². The molecule has 1 aromatic heterocycles. The summed E-state index contributed by atoms with van der Waals surface area (Å²) in [6.45, 7) is 1.73. The maximum absolute atomic E-state index is 13.2. The predicted molar refractivity (Wildman–Crippen MR) is 93.8 cm³/mol. The molecular formula is C19H18FN3O3. The number of rotatable bonds is 5. The molecule has 134 valence electrons.